The van der Waals surface area contributed by atoms with Crippen molar-refractivity contribution in [2.45, 2.75) is 6.04 Å². The maximum Gasteiger partial charge on any atom is 0.254 e. The third kappa shape index (κ3) is 2.68. The van der Waals surface area contributed by atoms with E-state index in [1.54, 1.807) is 18.6 Å². The number of carbonyl (C=O) groups is 1. The van der Waals surface area contributed by atoms with Gasteiger partial charge in [0.2, 0.25) is 0 Å². The Morgan fingerprint density at radius 1 is 1.08 bits per heavy atom. The molecule has 1 aromatic heterocycles. The van der Waals surface area contributed by atoms with Gasteiger partial charge in [0, 0.05) is 36.6 Å². The van der Waals surface area contributed by atoms with Crippen molar-refractivity contribution in [1.82, 2.24) is 14.5 Å². The number of imidazole rings is 1. The van der Waals surface area contributed by atoms with Crippen molar-refractivity contribution in [3.63, 3.8) is 0 Å². The van der Waals surface area contributed by atoms with Gasteiger partial charge in [-0.05, 0) is 17.7 Å². The highest BCUT2D eigenvalue weighted by atomic mass is 16.2. The summed E-state index contributed by atoms with van der Waals surface area (Å²) in [6.45, 7) is 1.34. The lowest BCUT2D eigenvalue weighted by Gasteiger charge is -2.40. The van der Waals surface area contributed by atoms with Gasteiger partial charge in [0.05, 0.1) is 24.0 Å². The molecule has 0 radical (unpaired) electrons. The largest absolute Gasteiger partial charge is 0.334 e. The molecule has 1 amide bonds. The minimum absolute atomic E-state index is 0.000270. The fourth-order valence-electron chi connectivity index (χ4n) is 3.19. The molecule has 1 aliphatic heterocycles. The van der Waals surface area contributed by atoms with Gasteiger partial charge in [-0.25, -0.2) is 4.98 Å². The Morgan fingerprint density at radius 3 is 2.52 bits per heavy atom. The van der Waals surface area contributed by atoms with Gasteiger partial charge in [-0.15, -0.1) is 0 Å². The first kappa shape index (κ1) is 15.2. The number of likely N-dealkylation sites (tertiary alicyclic amines) is 1. The van der Waals surface area contributed by atoms with Crippen molar-refractivity contribution in [2.75, 3.05) is 13.1 Å². The lowest BCUT2D eigenvalue weighted by atomic mass is 9.94. The number of hydrogen-bond acceptors (Lipinski definition) is 3. The Labute approximate surface area is 145 Å². The Balaban J connectivity index is 1.62. The van der Waals surface area contributed by atoms with E-state index < -0.39 is 0 Å². The van der Waals surface area contributed by atoms with Crippen LogP contribution in [0.1, 0.15) is 22.0 Å². The minimum Gasteiger partial charge on any atom is -0.334 e. The molecule has 0 unspecified atom stereocenters. The Morgan fingerprint density at radius 2 is 1.80 bits per heavy atom. The molecule has 2 heterocycles. The van der Waals surface area contributed by atoms with E-state index >= 15 is 0 Å². The summed E-state index contributed by atoms with van der Waals surface area (Å²) < 4.78 is 2.03. The molecule has 0 aliphatic carbocycles. The Hall–Kier alpha value is -3.39. The number of nitriles is 1. The second-order valence-electron chi connectivity index (χ2n) is 6.08. The van der Waals surface area contributed by atoms with Gasteiger partial charge in [0.15, 0.2) is 0 Å². The second-order valence-corrected chi connectivity index (χ2v) is 6.08. The Bertz CT molecular complexity index is 950. The van der Waals surface area contributed by atoms with E-state index in [-0.39, 0.29) is 11.9 Å². The number of aromatic nitrogens is 2. The first-order valence-electron chi connectivity index (χ1n) is 8.13. The van der Waals surface area contributed by atoms with Gasteiger partial charge in [-0.1, -0.05) is 36.4 Å². The summed E-state index contributed by atoms with van der Waals surface area (Å²) >= 11 is 0. The van der Waals surface area contributed by atoms with Crippen molar-refractivity contribution in [3.8, 4) is 17.2 Å². The van der Waals surface area contributed by atoms with Crippen LogP contribution in [-0.2, 0) is 0 Å². The topological polar surface area (TPSA) is 61.9 Å². The number of carbonyl (C=O) groups excluding carboxylic acids is 1. The summed E-state index contributed by atoms with van der Waals surface area (Å²) in [5.41, 5.74) is 2.80. The smallest absolute Gasteiger partial charge is 0.254 e. The predicted molar refractivity (Wildman–Crippen MR) is 93.8 cm³/mol. The van der Waals surface area contributed by atoms with Crippen molar-refractivity contribution in [3.05, 3.63) is 78.4 Å². The van der Waals surface area contributed by atoms with Gasteiger partial charge < -0.3 is 9.47 Å². The van der Waals surface area contributed by atoms with Gasteiger partial charge in [-0.2, -0.15) is 5.26 Å². The quantitative estimate of drug-likeness (QED) is 0.742. The maximum absolute atomic E-state index is 13.0. The van der Waals surface area contributed by atoms with Crippen molar-refractivity contribution >= 4 is 5.91 Å². The molecule has 0 bridgehead atoms. The number of amides is 1. The molecule has 5 heteroatoms. The van der Waals surface area contributed by atoms with E-state index in [1.165, 1.54) is 0 Å². The summed E-state index contributed by atoms with van der Waals surface area (Å²) in [6.07, 6.45) is 5.45. The molecule has 2 aromatic carbocycles. The standard InChI is InChI=1S/C20H16N4O/c21-11-15-5-1-2-6-17(15)18-7-3-4-8-19(18)20(25)24-12-16(13-24)23-10-9-22-14-23/h1-10,14,16H,12-13H2. The SMILES string of the molecule is N#Cc1ccccc1-c1ccccc1C(=O)N1CC(n2ccnc2)C1. The molecular weight excluding hydrogens is 312 g/mol. The van der Waals surface area contributed by atoms with Crippen LogP contribution >= 0.6 is 0 Å². The molecule has 4 rings (SSSR count). The van der Waals surface area contributed by atoms with Gasteiger partial charge in [0.25, 0.3) is 5.91 Å². The van der Waals surface area contributed by atoms with Crippen LogP contribution < -0.4 is 0 Å². The highest BCUT2D eigenvalue weighted by molar-refractivity contribution is 6.01. The van der Waals surface area contributed by atoms with E-state index in [2.05, 4.69) is 11.1 Å². The van der Waals surface area contributed by atoms with Crippen molar-refractivity contribution < 1.29 is 4.79 Å². The van der Waals surface area contributed by atoms with Crippen LogP contribution in [0.25, 0.3) is 11.1 Å². The van der Waals surface area contributed by atoms with Gasteiger partial charge in [0.1, 0.15) is 0 Å². The van der Waals surface area contributed by atoms with Gasteiger partial charge >= 0.3 is 0 Å². The molecule has 25 heavy (non-hydrogen) atoms. The summed E-state index contributed by atoms with van der Waals surface area (Å²) in [6, 6.07) is 17.3. The summed E-state index contributed by atoms with van der Waals surface area (Å²) in [5.74, 6) is -0.000270. The van der Waals surface area contributed by atoms with E-state index in [0.29, 0.717) is 24.2 Å². The van der Waals surface area contributed by atoms with E-state index in [1.807, 2.05) is 58.1 Å². The lowest BCUT2D eigenvalue weighted by molar-refractivity contribution is 0.0521. The molecule has 0 spiro atoms. The molecule has 0 atom stereocenters. The molecule has 0 saturated carbocycles. The molecule has 1 aliphatic rings. The average Bonchev–Trinajstić information content (AvgIpc) is 3.14. The minimum atomic E-state index is -0.000270. The van der Waals surface area contributed by atoms with E-state index in [4.69, 9.17) is 0 Å². The van der Waals surface area contributed by atoms with E-state index in [9.17, 15) is 10.1 Å². The summed E-state index contributed by atoms with van der Waals surface area (Å²) in [5, 5.41) is 9.36. The zero-order valence-electron chi connectivity index (χ0n) is 13.5. The fraction of sp³-hybridized carbons (Fsp3) is 0.150. The maximum atomic E-state index is 13.0. The van der Waals surface area contributed by atoms with Crippen LogP contribution in [0.2, 0.25) is 0 Å². The molecule has 3 aromatic rings. The molecular formula is C20H16N4O. The molecule has 1 saturated heterocycles. The van der Waals surface area contributed by atoms with Crippen molar-refractivity contribution in [2.24, 2.45) is 0 Å². The average molecular weight is 328 g/mol. The summed E-state index contributed by atoms with van der Waals surface area (Å²) in [4.78, 5) is 18.8. The van der Waals surface area contributed by atoms with E-state index in [0.717, 1.165) is 11.1 Å². The van der Waals surface area contributed by atoms with Crippen LogP contribution in [0, 0.1) is 11.3 Å². The first-order valence-corrected chi connectivity index (χ1v) is 8.13. The van der Waals surface area contributed by atoms with Crippen LogP contribution in [0.3, 0.4) is 0 Å². The second kappa shape index (κ2) is 6.25. The molecule has 122 valence electrons. The third-order valence-electron chi connectivity index (χ3n) is 4.59. The van der Waals surface area contributed by atoms with Crippen LogP contribution in [0.4, 0.5) is 0 Å². The predicted octanol–water partition coefficient (Wildman–Crippen LogP) is 3.12. The van der Waals surface area contributed by atoms with Crippen molar-refractivity contribution in [1.29, 1.82) is 5.26 Å². The lowest BCUT2D eigenvalue weighted by Crippen LogP contribution is -2.50. The highest BCUT2D eigenvalue weighted by Gasteiger charge is 2.33. The number of nitrogens with zero attached hydrogens (tertiary/aromatic N) is 4. The number of hydrogen-bond donors (Lipinski definition) is 0. The highest BCUT2D eigenvalue weighted by Crippen LogP contribution is 2.30. The third-order valence-corrected chi connectivity index (χ3v) is 4.59. The zero-order chi connectivity index (χ0) is 17.2. The van der Waals surface area contributed by atoms with Crippen LogP contribution in [0.5, 0.6) is 0 Å². The zero-order valence-corrected chi connectivity index (χ0v) is 13.5. The molecule has 0 N–H and O–H groups in total. The van der Waals surface area contributed by atoms with Crippen LogP contribution in [0.15, 0.2) is 67.3 Å². The fourth-order valence-corrected chi connectivity index (χ4v) is 3.19. The number of benzene rings is 2. The Kier molecular flexibility index (Phi) is 3.79. The number of rotatable bonds is 3. The first-order chi connectivity index (χ1) is 12.3. The molecule has 1 fully saturated rings. The summed E-state index contributed by atoms with van der Waals surface area (Å²) in [7, 11) is 0. The molecule has 5 nitrogen and oxygen atoms in total. The van der Waals surface area contributed by atoms with Crippen LogP contribution in [-0.4, -0.2) is 33.4 Å². The monoisotopic (exact) mass is 328 g/mol. The van der Waals surface area contributed by atoms with Gasteiger partial charge in [-0.3, -0.25) is 4.79 Å². The normalized spacial score (nSPS) is 14.0.